The third kappa shape index (κ3) is 4.16. The van der Waals surface area contributed by atoms with Crippen LogP contribution in [0.15, 0.2) is 6.07 Å². The smallest absolute Gasteiger partial charge is 0.185 e. The molecule has 0 aliphatic heterocycles. The van der Waals surface area contributed by atoms with E-state index in [2.05, 4.69) is 26.4 Å². The van der Waals surface area contributed by atoms with Crippen molar-refractivity contribution in [3.63, 3.8) is 0 Å². The molecule has 16 heavy (non-hydrogen) atoms. The molecule has 0 atom stereocenters. The third-order valence-electron chi connectivity index (χ3n) is 1.65. The SMILES string of the molecule is Cc1cc(NNC(=S)NC(C)C)nnc1Cl. The molecule has 5 nitrogen and oxygen atoms in total. The summed E-state index contributed by atoms with van der Waals surface area (Å²) in [5, 5.41) is 11.5. The molecule has 0 amide bonds. The van der Waals surface area contributed by atoms with Gasteiger partial charge in [0.25, 0.3) is 0 Å². The number of hydrazine groups is 1. The summed E-state index contributed by atoms with van der Waals surface area (Å²) in [5.74, 6) is 0.565. The Bertz CT molecular complexity index is 382. The second-order valence-electron chi connectivity index (χ2n) is 3.58. The first kappa shape index (κ1) is 12.9. The number of aryl methyl sites for hydroxylation is 1. The Kier molecular flexibility index (Phi) is 4.70. The van der Waals surface area contributed by atoms with Gasteiger partial charge in [0.1, 0.15) is 0 Å². The number of nitrogens with zero attached hydrogens (tertiary/aromatic N) is 2. The molecule has 1 rings (SSSR count). The number of nitrogens with one attached hydrogen (secondary N) is 3. The van der Waals surface area contributed by atoms with Gasteiger partial charge in [-0.25, -0.2) is 0 Å². The van der Waals surface area contributed by atoms with Crippen LogP contribution in [-0.2, 0) is 0 Å². The highest BCUT2D eigenvalue weighted by molar-refractivity contribution is 7.80. The van der Waals surface area contributed by atoms with E-state index in [4.69, 9.17) is 23.8 Å². The highest BCUT2D eigenvalue weighted by Gasteiger charge is 2.01. The van der Waals surface area contributed by atoms with Crippen LogP contribution >= 0.6 is 23.8 Å². The number of halogens is 1. The molecule has 0 spiro atoms. The van der Waals surface area contributed by atoms with Gasteiger partial charge in [0.05, 0.1) is 0 Å². The van der Waals surface area contributed by atoms with Crippen LogP contribution in [0.4, 0.5) is 5.82 Å². The molecule has 0 fully saturated rings. The van der Waals surface area contributed by atoms with Gasteiger partial charge in [-0.1, -0.05) is 11.6 Å². The molecular weight excluding hydrogens is 246 g/mol. The fourth-order valence-electron chi connectivity index (χ4n) is 0.950. The summed E-state index contributed by atoms with van der Waals surface area (Å²) in [6.45, 7) is 5.85. The zero-order chi connectivity index (χ0) is 12.1. The van der Waals surface area contributed by atoms with Crippen molar-refractivity contribution in [2.45, 2.75) is 26.8 Å². The van der Waals surface area contributed by atoms with Gasteiger partial charge in [-0.05, 0) is 44.6 Å². The molecular formula is C9H14ClN5S. The van der Waals surface area contributed by atoms with E-state index in [0.29, 0.717) is 16.1 Å². The lowest BCUT2D eigenvalue weighted by Crippen LogP contribution is -2.42. The molecule has 88 valence electrons. The Hall–Kier alpha value is -1.14. The minimum absolute atomic E-state index is 0.278. The van der Waals surface area contributed by atoms with Crippen LogP contribution in [0.1, 0.15) is 19.4 Å². The predicted molar refractivity (Wildman–Crippen MR) is 69.4 cm³/mol. The van der Waals surface area contributed by atoms with Crippen molar-refractivity contribution in [1.29, 1.82) is 0 Å². The van der Waals surface area contributed by atoms with Gasteiger partial charge < -0.3 is 5.32 Å². The summed E-state index contributed by atoms with van der Waals surface area (Å²) in [5.41, 5.74) is 6.48. The van der Waals surface area contributed by atoms with Gasteiger partial charge in [0.15, 0.2) is 16.1 Å². The van der Waals surface area contributed by atoms with Gasteiger partial charge in [-0.2, -0.15) is 0 Å². The van der Waals surface area contributed by atoms with E-state index >= 15 is 0 Å². The van der Waals surface area contributed by atoms with Crippen LogP contribution in [0.5, 0.6) is 0 Å². The van der Waals surface area contributed by atoms with Crippen molar-refractivity contribution in [3.05, 3.63) is 16.8 Å². The van der Waals surface area contributed by atoms with Crippen molar-refractivity contribution >= 4 is 34.7 Å². The van der Waals surface area contributed by atoms with E-state index in [9.17, 15) is 0 Å². The first-order chi connectivity index (χ1) is 7.49. The normalized spacial score (nSPS) is 10.1. The standard InChI is InChI=1S/C9H14ClN5S/c1-5(2)11-9(16)15-13-7-4-6(3)8(10)14-12-7/h4-5H,1-3H3,(H,12,13)(H2,11,15,16). The van der Waals surface area contributed by atoms with E-state index in [-0.39, 0.29) is 6.04 Å². The third-order valence-corrected chi connectivity index (χ3v) is 2.24. The van der Waals surface area contributed by atoms with Crippen molar-refractivity contribution < 1.29 is 0 Å². The Labute approximate surface area is 105 Å². The molecule has 0 saturated carbocycles. The fraction of sp³-hybridized carbons (Fsp3) is 0.444. The molecule has 0 radical (unpaired) electrons. The Morgan fingerprint density at radius 2 is 2.12 bits per heavy atom. The molecule has 0 saturated heterocycles. The number of anilines is 1. The number of hydrogen-bond donors (Lipinski definition) is 3. The van der Waals surface area contributed by atoms with Gasteiger partial charge in [0, 0.05) is 6.04 Å². The Morgan fingerprint density at radius 1 is 1.44 bits per heavy atom. The molecule has 0 aliphatic rings. The quantitative estimate of drug-likeness (QED) is 0.567. The number of aromatic nitrogens is 2. The van der Waals surface area contributed by atoms with Gasteiger partial charge in [-0.15, -0.1) is 10.2 Å². The molecule has 3 N–H and O–H groups in total. The van der Waals surface area contributed by atoms with Crippen LogP contribution < -0.4 is 16.2 Å². The molecule has 0 aliphatic carbocycles. The fourth-order valence-corrected chi connectivity index (χ4v) is 1.33. The molecule has 0 bridgehead atoms. The van der Waals surface area contributed by atoms with Crippen molar-refractivity contribution in [2.75, 3.05) is 5.43 Å². The zero-order valence-electron chi connectivity index (χ0n) is 9.34. The molecule has 0 unspecified atom stereocenters. The number of thiocarbonyl (C=S) groups is 1. The average Bonchev–Trinajstić information content (AvgIpc) is 2.19. The first-order valence-corrected chi connectivity index (χ1v) is 5.60. The highest BCUT2D eigenvalue weighted by atomic mass is 35.5. The second-order valence-corrected chi connectivity index (χ2v) is 4.35. The maximum atomic E-state index is 5.75. The lowest BCUT2D eigenvalue weighted by atomic mass is 10.3. The van der Waals surface area contributed by atoms with Crippen LogP contribution in [-0.4, -0.2) is 21.4 Å². The van der Waals surface area contributed by atoms with Gasteiger partial charge >= 0.3 is 0 Å². The largest absolute Gasteiger partial charge is 0.359 e. The maximum absolute atomic E-state index is 5.75. The molecule has 7 heteroatoms. The van der Waals surface area contributed by atoms with Crippen molar-refractivity contribution in [2.24, 2.45) is 0 Å². The van der Waals surface area contributed by atoms with Crippen LogP contribution in [0.2, 0.25) is 5.15 Å². The van der Waals surface area contributed by atoms with E-state index in [1.807, 2.05) is 20.8 Å². The van der Waals surface area contributed by atoms with E-state index in [0.717, 1.165) is 5.56 Å². The summed E-state index contributed by atoms with van der Waals surface area (Å²) in [4.78, 5) is 0. The minimum Gasteiger partial charge on any atom is -0.359 e. The van der Waals surface area contributed by atoms with Gasteiger partial charge in [0.2, 0.25) is 0 Å². The van der Waals surface area contributed by atoms with Crippen LogP contribution in [0.25, 0.3) is 0 Å². The summed E-state index contributed by atoms with van der Waals surface area (Å²) < 4.78 is 0. The topological polar surface area (TPSA) is 61.9 Å². The number of rotatable bonds is 3. The maximum Gasteiger partial charge on any atom is 0.185 e. The summed E-state index contributed by atoms with van der Waals surface area (Å²) in [7, 11) is 0. The van der Waals surface area contributed by atoms with Crippen LogP contribution in [0.3, 0.4) is 0 Å². The molecule has 1 aromatic rings. The van der Waals surface area contributed by atoms with E-state index < -0.39 is 0 Å². The lowest BCUT2D eigenvalue weighted by molar-refractivity contribution is 0.723. The first-order valence-electron chi connectivity index (χ1n) is 4.81. The van der Waals surface area contributed by atoms with Crippen molar-refractivity contribution in [3.8, 4) is 0 Å². The van der Waals surface area contributed by atoms with Crippen molar-refractivity contribution in [1.82, 2.24) is 20.9 Å². The monoisotopic (exact) mass is 259 g/mol. The summed E-state index contributed by atoms with van der Waals surface area (Å²) >= 11 is 10.8. The molecule has 0 aromatic carbocycles. The Morgan fingerprint density at radius 3 is 2.69 bits per heavy atom. The molecule has 1 aromatic heterocycles. The highest BCUT2D eigenvalue weighted by Crippen LogP contribution is 2.12. The zero-order valence-corrected chi connectivity index (χ0v) is 10.9. The molecule has 1 heterocycles. The average molecular weight is 260 g/mol. The lowest BCUT2D eigenvalue weighted by Gasteiger charge is -2.13. The summed E-state index contributed by atoms with van der Waals surface area (Å²) in [6.07, 6.45) is 0. The van der Waals surface area contributed by atoms with Gasteiger partial charge in [-0.3, -0.25) is 10.9 Å². The summed E-state index contributed by atoms with van der Waals surface area (Å²) in [6, 6.07) is 2.06. The van der Waals surface area contributed by atoms with Crippen LogP contribution in [0, 0.1) is 6.92 Å². The minimum atomic E-state index is 0.278. The second kappa shape index (κ2) is 5.81. The predicted octanol–water partition coefficient (Wildman–Crippen LogP) is 1.64. The van der Waals surface area contributed by atoms with E-state index in [1.54, 1.807) is 6.07 Å². The number of hydrogen-bond acceptors (Lipinski definition) is 4. The van der Waals surface area contributed by atoms with E-state index in [1.165, 1.54) is 0 Å². The Balaban J connectivity index is 2.48.